The third kappa shape index (κ3) is 6.29. The maximum atomic E-state index is 13.9. The van der Waals surface area contributed by atoms with E-state index in [0.717, 1.165) is 24.7 Å². The highest BCUT2D eigenvalue weighted by molar-refractivity contribution is 5.76. The Morgan fingerprint density at radius 1 is 1.10 bits per heavy atom. The zero-order chi connectivity index (χ0) is 22.4. The van der Waals surface area contributed by atoms with E-state index in [1.54, 1.807) is 11.9 Å². The molecule has 0 bridgehead atoms. The van der Waals surface area contributed by atoms with Crippen LogP contribution in [0.1, 0.15) is 23.6 Å². The third-order valence-corrected chi connectivity index (χ3v) is 5.55. The van der Waals surface area contributed by atoms with Gasteiger partial charge in [0.05, 0.1) is 19.3 Å². The van der Waals surface area contributed by atoms with Crippen LogP contribution in [0, 0.1) is 17.5 Å². The number of rotatable bonds is 8. The normalized spacial score (nSPS) is 16.7. The van der Waals surface area contributed by atoms with Gasteiger partial charge in [0, 0.05) is 45.2 Å². The molecule has 3 rings (SSSR count). The van der Waals surface area contributed by atoms with Crippen LogP contribution in [0.4, 0.5) is 13.2 Å². The van der Waals surface area contributed by atoms with Crippen LogP contribution in [0.2, 0.25) is 0 Å². The van der Waals surface area contributed by atoms with Gasteiger partial charge in [-0.05, 0) is 23.6 Å². The molecular weight excluding hydrogens is 407 g/mol. The molecule has 1 amide bonds. The first kappa shape index (κ1) is 23.2. The molecule has 1 aliphatic heterocycles. The van der Waals surface area contributed by atoms with Gasteiger partial charge in [0.15, 0.2) is 11.6 Å². The van der Waals surface area contributed by atoms with Gasteiger partial charge < -0.3 is 15.4 Å². The largest absolute Gasteiger partial charge is 0.379 e. The lowest BCUT2D eigenvalue weighted by atomic mass is 10.0. The van der Waals surface area contributed by atoms with E-state index in [1.165, 1.54) is 0 Å². The van der Waals surface area contributed by atoms with Gasteiger partial charge in [0.1, 0.15) is 5.82 Å². The molecule has 2 N–H and O–H groups in total. The van der Waals surface area contributed by atoms with Crippen molar-refractivity contribution >= 4 is 5.91 Å². The molecule has 5 nitrogen and oxygen atoms in total. The first-order valence-electron chi connectivity index (χ1n) is 10.3. The van der Waals surface area contributed by atoms with Gasteiger partial charge in [0.25, 0.3) is 0 Å². The van der Waals surface area contributed by atoms with Gasteiger partial charge in [-0.3, -0.25) is 9.69 Å². The number of benzene rings is 2. The van der Waals surface area contributed by atoms with Gasteiger partial charge in [-0.1, -0.05) is 30.3 Å². The average Bonchev–Trinajstić information content (AvgIpc) is 2.76. The lowest BCUT2D eigenvalue weighted by Gasteiger charge is -2.37. The van der Waals surface area contributed by atoms with Crippen LogP contribution in [0.5, 0.6) is 0 Å². The SMILES string of the molecule is CN(C[C@@H](c1ccccc1)N1CCOCC1)C(=O)C[C@H](N)Cc1cc(F)c(F)cc1F. The lowest BCUT2D eigenvalue weighted by molar-refractivity contribution is -0.131. The number of morpholine rings is 1. The fourth-order valence-corrected chi connectivity index (χ4v) is 3.81. The molecule has 0 aliphatic carbocycles. The van der Waals surface area contributed by atoms with E-state index in [0.29, 0.717) is 25.8 Å². The Balaban J connectivity index is 1.63. The van der Waals surface area contributed by atoms with E-state index in [9.17, 15) is 18.0 Å². The maximum absolute atomic E-state index is 13.9. The molecule has 31 heavy (non-hydrogen) atoms. The monoisotopic (exact) mass is 435 g/mol. The van der Waals surface area contributed by atoms with E-state index in [4.69, 9.17) is 10.5 Å². The Kier molecular flexibility index (Phi) is 8.06. The lowest BCUT2D eigenvalue weighted by Crippen LogP contribution is -2.45. The highest BCUT2D eigenvalue weighted by Gasteiger charge is 2.26. The van der Waals surface area contributed by atoms with Crippen LogP contribution in [-0.4, -0.2) is 61.6 Å². The fourth-order valence-electron chi connectivity index (χ4n) is 3.81. The van der Waals surface area contributed by atoms with E-state index in [2.05, 4.69) is 4.90 Å². The first-order valence-corrected chi connectivity index (χ1v) is 10.3. The molecular formula is C23H28F3N3O2. The van der Waals surface area contributed by atoms with E-state index < -0.39 is 23.5 Å². The summed E-state index contributed by atoms with van der Waals surface area (Å²) in [5.74, 6) is -3.44. The van der Waals surface area contributed by atoms with E-state index in [1.807, 2.05) is 30.3 Å². The second-order valence-electron chi connectivity index (χ2n) is 7.88. The third-order valence-electron chi connectivity index (χ3n) is 5.55. The maximum Gasteiger partial charge on any atom is 0.223 e. The molecule has 0 spiro atoms. The summed E-state index contributed by atoms with van der Waals surface area (Å²) in [4.78, 5) is 16.7. The van der Waals surface area contributed by atoms with Crippen LogP contribution >= 0.6 is 0 Å². The highest BCUT2D eigenvalue weighted by Crippen LogP contribution is 2.23. The van der Waals surface area contributed by atoms with Gasteiger partial charge >= 0.3 is 0 Å². The molecule has 168 valence electrons. The summed E-state index contributed by atoms with van der Waals surface area (Å²) < 4.78 is 45.9. The molecule has 0 aromatic heterocycles. The quantitative estimate of drug-likeness (QED) is 0.648. The van der Waals surface area contributed by atoms with Crippen molar-refractivity contribution in [3.63, 3.8) is 0 Å². The average molecular weight is 435 g/mol. The number of carbonyl (C=O) groups is 1. The number of hydrogen-bond donors (Lipinski definition) is 1. The number of ether oxygens (including phenoxy) is 1. The van der Waals surface area contributed by atoms with Crippen molar-refractivity contribution in [2.45, 2.75) is 24.9 Å². The molecule has 1 heterocycles. The van der Waals surface area contributed by atoms with Crippen molar-refractivity contribution in [1.29, 1.82) is 0 Å². The molecule has 2 atom stereocenters. The van der Waals surface area contributed by atoms with Crippen molar-refractivity contribution in [3.05, 3.63) is 71.0 Å². The van der Waals surface area contributed by atoms with Crippen LogP contribution < -0.4 is 5.73 Å². The van der Waals surface area contributed by atoms with Gasteiger partial charge in [-0.15, -0.1) is 0 Å². The smallest absolute Gasteiger partial charge is 0.223 e. The summed E-state index contributed by atoms with van der Waals surface area (Å²) in [5, 5.41) is 0. The van der Waals surface area contributed by atoms with Crippen molar-refractivity contribution in [2.24, 2.45) is 5.73 Å². The fraction of sp³-hybridized carbons (Fsp3) is 0.435. The number of likely N-dealkylation sites (N-methyl/N-ethyl adjacent to an activating group) is 1. The highest BCUT2D eigenvalue weighted by atomic mass is 19.2. The van der Waals surface area contributed by atoms with Crippen molar-refractivity contribution in [2.75, 3.05) is 39.9 Å². The summed E-state index contributed by atoms with van der Waals surface area (Å²) >= 11 is 0. The van der Waals surface area contributed by atoms with Crippen LogP contribution in [0.3, 0.4) is 0 Å². The van der Waals surface area contributed by atoms with Crippen LogP contribution in [0.25, 0.3) is 0 Å². The topological polar surface area (TPSA) is 58.8 Å². The molecule has 0 unspecified atom stereocenters. The minimum Gasteiger partial charge on any atom is -0.379 e. The molecule has 8 heteroatoms. The van der Waals surface area contributed by atoms with Crippen LogP contribution in [0.15, 0.2) is 42.5 Å². The summed E-state index contributed by atoms with van der Waals surface area (Å²) in [6.45, 7) is 3.31. The summed E-state index contributed by atoms with van der Waals surface area (Å²) in [7, 11) is 1.71. The number of nitrogens with two attached hydrogens (primary N) is 1. The number of halogens is 3. The number of amides is 1. The molecule has 2 aromatic carbocycles. The minimum atomic E-state index is -1.25. The molecule has 1 aliphatic rings. The van der Waals surface area contributed by atoms with Gasteiger partial charge in [-0.25, -0.2) is 13.2 Å². The van der Waals surface area contributed by atoms with Gasteiger partial charge in [0.2, 0.25) is 5.91 Å². The number of hydrogen-bond acceptors (Lipinski definition) is 4. The summed E-state index contributed by atoms with van der Waals surface area (Å²) in [5.41, 5.74) is 7.09. The molecule has 0 radical (unpaired) electrons. The van der Waals surface area contributed by atoms with E-state index in [-0.39, 0.29) is 30.4 Å². The van der Waals surface area contributed by atoms with Gasteiger partial charge in [-0.2, -0.15) is 0 Å². The molecule has 1 fully saturated rings. The zero-order valence-corrected chi connectivity index (χ0v) is 17.6. The molecule has 1 saturated heterocycles. The Morgan fingerprint density at radius 2 is 1.74 bits per heavy atom. The van der Waals surface area contributed by atoms with E-state index >= 15 is 0 Å². The standard InChI is InChI=1S/C23H28F3N3O2/c1-28(15-22(16-5-3-2-4-6-16)29-7-9-31-10-8-29)23(30)13-18(27)11-17-12-20(25)21(26)14-19(17)24/h2-6,12,14,18,22H,7-11,13,15,27H2,1H3/t18-,22+/m1/s1. The Morgan fingerprint density at radius 3 is 2.42 bits per heavy atom. The molecule has 2 aromatic rings. The first-order chi connectivity index (χ1) is 14.8. The second-order valence-corrected chi connectivity index (χ2v) is 7.88. The van der Waals surface area contributed by atoms with Crippen molar-refractivity contribution in [1.82, 2.24) is 9.80 Å². The summed E-state index contributed by atoms with van der Waals surface area (Å²) in [6, 6.07) is 10.6. The van der Waals surface area contributed by atoms with Crippen molar-refractivity contribution < 1.29 is 22.7 Å². The Bertz CT molecular complexity index is 876. The Hall–Kier alpha value is -2.42. The second kappa shape index (κ2) is 10.7. The molecule has 0 saturated carbocycles. The summed E-state index contributed by atoms with van der Waals surface area (Å²) in [6.07, 6.45) is -0.0895. The van der Waals surface area contributed by atoms with Crippen molar-refractivity contribution in [3.8, 4) is 0 Å². The van der Waals surface area contributed by atoms with Crippen LogP contribution in [-0.2, 0) is 16.0 Å². The zero-order valence-electron chi connectivity index (χ0n) is 17.6. The predicted octanol–water partition coefficient (Wildman–Crippen LogP) is 2.90. The predicted molar refractivity (Wildman–Crippen MR) is 112 cm³/mol. The minimum absolute atomic E-state index is 0.0129. The number of carbonyl (C=O) groups excluding carboxylic acids is 1. The number of nitrogens with zero attached hydrogens (tertiary/aromatic N) is 2. The Labute approximate surface area is 180 Å².